The summed E-state index contributed by atoms with van der Waals surface area (Å²) < 4.78 is 13.8. The van der Waals surface area contributed by atoms with Gasteiger partial charge in [-0.2, -0.15) is 0 Å². The van der Waals surface area contributed by atoms with Crippen molar-refractivity contribution in [1.29, 1.82) is 0 Å². The molecule has 1 nitrogen and oxygen atoms in total. The molecule has 0 aromatic heterocycles. The second kappa shape index (κ2) is 6.40. The summed E-state index contributed by atoms with van der Waals surface area (Å²) in [5.41, 5.74) is 2.03. The first-order chi connectivity index (χ1) is 9.10. The molecule has 0 aliphatic carbocycles. The van der Waals surface area contributed by atoms with Gasteiger partial charge in [0.1, 0.15) is 5.82 Å². The standard InChI is InChI=1S/C15H14BrClFN/c1-2-14(10-3-5-11(17)6-4-10)19-15-8-7-12(18)9-13(15)16/h3-9,14,19H,2H2,1H3. The summed E-state index contributed by atoms with van der Waals surface area (Å²) in [7, 11) is 0. The number of rotatable bonds is 4. The van der Waals surface area contributed by atoms with E-state index < -0.39 is 0 Å². The third-order valence-corrected chi connectivity index (χ3v) is 3.85. The first-order valence-electron chi connectivity index (χ1n) is 6.07. The van der Waals surface area contributed by atoms with Crippen molar-refractivity contribution in [2.24, 2.45) is 0 Å². The van der Waals surface area contributed by atoms with Crippen molar-refractivity contribution in [2.45, 2.75) is 19.4 Å². The molecular weight excluding hydrogens is 329 g/mol. The number of hydrogen-bond acceptors (Lipinski definition) is 1. The summed E-state index contributed by atoms with van der Waals surface area (Å²) in [5.74, 6) is -0.253. The van der Waals surface area contributed by atoms with E-state index in [1.54, 1.807) is 6.07 Å². The lowest BCUT2D eigenvalue weighted by Gasteiger charge is -2.20. The van der Waals surface area contributed by atoms with Gasteiger partial charge >= 0.3 is 0 Å². The summed E-state index contributed by atoms with van der Waals surface area (Å²) in [6, 6.07) is 12.6. The molecule has 0 bridgehead atoms. The average Bonchev–Trinajstić information content (AvgIpc) is 2.39. The van der Waals surface area contributed by atoms with Crippen LogP contribution in [0.15, 0.2) is 46.9 Å². The Morgan fingerprint density at radius 3 is 2.47 bits per heavy atom. The van der Waals surface area contributed by atoms with Crippen LogP contribution in [0.1, 0.15) is 24.9 Å². The number of halogens is 3. The van der Waals surface area contributed by atoms with Gasteiger partial charge in [-0.05, 0) is 58.2 Å². The van der Waals surface area contributed by atoms with Gasteiger partial charge in [-0.25, -0.2) is 4.39 Å². The minimum atomic E-state index is -0.253. The van der Waals surface area contributed by atoms with Crippen molar-refractivity contribution in [3.05, 3.63) is 63.3 Å². The molecule has 1 N–H and O–H groups in total. The van der Waals surface area contributed by atoms with Gasteiger partial charge in [-0.3, -0.25) is 0 Å². The van der Waals surface area contributed by atoms with Crippen molar-refractivity contribution in [3.63, 3.8) is 0 Å². The normalized spacial score (nSPS) is 12.2. The van der Waals surface area contributed by atoms with Crippen LogP contribution in [0.3, 0.4) is 0 Å². The van der Waals surface area contributed by atoms with Gasteiger partial charge in [0, 0.05) is 15.2 Å². The molecule has 100 valence electrons. The minimum absolute atomic E-state index is 0.166. The first-order valence-corrected chi connectivity index (χ1v) is 7.24. The molecule has 4 heteroatoms. The van der Waals surface area contributed by atoms with Gasteiger partial charge in [0.15, 0.2) is 0 Å². The Hall–Kier alpha value is -1.06. The second-order valence-electron chi connectivity index (χ2n) is 4.28. The molecule has 2 aromatic rings. The summed E-state index contributed by atoms with van der Waals surface area (Å²) in [6.07, 6.45) is 0.922. The lowest BCUT2D eigenvalue weighted by atomic mass is 10.0. The Labute approximate surface area is 125 Å². The predicted octanol–water partition coefficient (Wildman–Crippen LogP) is 5.80. The van der Waals surface area contributed by atoms with E-state index in [2.05, 4.69) is 28.2 Å². The van der Waals surface area contributed by atoms with Crippen molar-refractivity contribution in [3.8, 4) is 0 Å². The lowest BCUT2D eigenvalue weighted by Crippen LogP contribution is -2.10. The van der Waals surface area contributed by atoms with Crippen molar-refractivity contribution >= 4 is 33.2 Å². The van der Waals surface area contributed by atoms with E-state index in [4.69, 9.17) is 11.6 Å². The molecule has 2 aromatic carbocycles. The summed E-state index contributed by atoms with van der Waals surface area (Å²) in [5, 5.41) is 4.13. The van der Waals surface area contributed by atoms with Crippen LogP contribution in [0.4, 0.5) is 10.1 Å². The van der Waals surface area contributed by atoms with E-state index in [0.717, 1.165) is 27.2 Å². The minimum Gasteiger partial charge on any atom is -0.377 e. The van der Waals surface area contributed by atoms with E-state index in [0.29, 0.717) is 0 Å². The number of nitrogens with one attached hydrogen (secondary N) is 1. The highest BCUT2D eigenvalue weighted by Crippen LogP contribution is 2.29. The second-order valence-corrected chi connectivity index (χ2v) is 5.57. The SMILES string of the molecule is CCC(Nc1ccc(F)cc1Br)c1ccc(Cl)cc1. The zero-order valence-electron chi connectivity index (χ0n) is 10.5. The van der Waals surface area contributed by atoms with Crippen LogP contribution in [-0.4, -0.2) is 0 Å². The highest BCUT2D eigenvalue weighted by Gasteiger charge is 2.11. The molecule has 0 heterocycles. The third kappa shape index (κ3) is 3.71. The fourth-order valence-electron chi connectivity index (χ4n) is 1.91. The summed E-state index contributed by atoms with van der Waals surface area (Å²) in [6.45, 7) is 2.10. The predicted molar refractivity (Wildman–Crippen MR) is 82.2 cm³/mol. The van der Waals surface area contributed by atoms with Crippen molar-refractivity contribution < 1.29 is 4.39 Å². The molecule has 0 saturated carbocycles. The van der Waals surface area contributed by atoms with E-state index in [9.17, 15) is 4.39 Å². The Morgan fingerprint density at radius 1 is 1.21 bits per heavy atom. The maximum atomic E-state index is 13.1. The van der Waals surface area contributed by atoms with E-state index in [1.807, 2.05) is 24.3 Å². The van der Waals surface area contributed by atoms with Crippen LogP contribution in [0.5, 0.6) is 0 Å². The van der Waals surface area contributed by atoms with Crippen LogP contribution < -0.4 is 5.32 Å². The zero-order chi connectivity index (χ0) is 13.8. The maximum Gasteiger partial charge on any atom is 0.124 e. The van der Waals surface area contributed by atoms with Crippen LogP contribution in [0.2, 0.25) is 5.02 Å². The monoisotopic (exact) mass is 341 g/mol. The van der Waals surface area contributed by atoms with Crippen LogP contribution >= 0.6 is 27.5 Å². The molecule has 2 rings (SSSR count). The van der Waals surface area contributed by atoms with Gasteiger partial charge < -0.3 is 5.32 Å². The van der Waals surface area contributed by atoms with Gasteiger partial charge in [0.2, 0.25) is 0 Å². The zero-order valence-corrected chi connectivity index (χ0v) is 12.8. The lowest BCUT2D eigenvalue weighted by molar-refractivity contribution is 0.627. The number of anilines is 1. The number of hydrogen-bond donors (Lipinski definition) is 1. The molecule has 0 fully saturated rings. The molecule has 0 aliphatic rings. The van der Waals surface area contributed by atoms with Gasteiger partial charge in [-0.1, -0.05) is 30.7 Å². The summed E-state index contributed by atoms with van der Waals surface area (Å²) in [4.78, 5) is 0. The number of benzene rings is 2. The largest absolute Gasteiger partial charge is 0.377 e. The van der Waals surface area contributed by atoms with E-state index >= 15 is 0 Å². The van der Waals surface area contributed by atoms with Gasteiger partial charge in [0.05, 0.1) is 6.04 Å². The molecule has 0 aliphatic heterocycles. The maximum absolute atomic E-state index is 13.1. The van der Waals surface area contributed by atoms with Crippen LogP contribution in [-0.2, 0) is 0 Å². The molecule has 0 amide bonds. The molecule has 19 heavy (non-hydrogen) atoms. The molecule has 1 atom stereocenters. The molecule has 0 spiro atoms. The smallest absolute Gasteiger partial charge is 0.124 e. The van der Waals surface area contributed by atoms with Crippen LogP contribution in [0, 0.1) is 5.82 Å². The molecule has 0 saturated heterocycles. The molecular formula is C15H14BrClFN. The van der Waals surface area contributed by atoms with Crippen LogP contribution in [0.25, 0.3) is 0 Å². The Kier molecular flexibility index (Phi) is 4.83. The van der Waals surface area contributed by atoms with Gasteiger partial charge in [-0.15, -0.1) is 0 Å². The quantitative estimate of drug-likeness (QED) is 0.740. The molecule has 1 unspecified atom stereocenters. The first kappa shape index (κ1) is 14.4. The fraction of sp³-hybridized carbons (Fsp3) is 0.200. The Balaban J connectivity index is 2.21. The van der Waals surface area contributed by atoms with Crippen molar-refractivity contribution in [1.82, 2.24) is 0 Å². The Morgan fingerprint density at radius 2 is 1.89 bits per heavy atom. The van der Waals surface area contributed by atoms with Gasteiger partial charge in [0.25, 0.3) is 0 Å². The highest BCUT2D eigenvalue weighted by molar-refractivity contribution is 9.10. The Bertz CT molecular complexity index is 557. The van der Waals surface area contributed by atoms with E-state index in [-0.39, 0.29) is 11.9 Å². The van der Waals surface area contributed by atoms with Crippen molar-refractivity contribution in [2.75, 3.05) is 5.32 Å². The topological polar surface area (TPSA) is 12.0 Å². The summed E-state index contributed by atoms with van der Waals surface area (Å²) >= 11 is 9.26. The molecule has 0 radical (unpaired) electrons. The highest BCUT2D eigenvalue weighted by atomic mass is 79.9. The fourth-order valence-corrected chi connectivity index (χ4v) is 2.50. The average molecular weight is 343 g/mol. The third-order valence-electron chi connectivity index (χ3n) is 2.94. The van der Waals surface area contributed by atoms with E-state index in [1.165, 1.54) is 12.1 Å².